The molecule has 0 bridgehead atoms. The van der Waals surface area contributed by atoms with Gasteiger partial charge in [0.1, 0.15) is 0 Å². The number of amides is 1. The van der Waals surface area contributed by atoms with Gasteiger partial charge in [-0.15, -0.1) is 0 Å². The Morgan fingerprint density at radius 2 is 2.75 bits per heavy atom. The molecule has 3 nitrogen and oxygen atoms in total. The first-order valence-corrected chi connectivity index (χ1v) is 2.33. The fourth-order valence-corrected chi connectivity index (χ4v) is 0.519. The topological polar surface area (TPSA) is 41.5 Å². The van der Waals surface area contributed by atoms with Gasteiger partial charge in [-0.1, -0.05) is 0 Å². The van der Waals surface area contributed by atoms with Gasteiger partial charge >= 0.3 is 0 Å². The fourth-order valence-electron chi connectivity index (χ4n) is 0.519. The minimum Gasteiger partial charge on any atom is -0.328 e. The highest BCUT2D eigenvalue weighted by atomic mass is 16.1. The van der Waals surface area contributed by atoms with Crippen LogP contribution in [0.15, 0.2) is 16.8 Å². The molecule has 0 saturated carbocycles. The summed E-state index contributed by atoms with van der Waals surface area (Å²) in [6, 6.07) is 0. The van der Waals surface area contributed by atoms with Crippen LogP contribution in [-0.4, -0.2) is 19.2 Å². The monoisotopic (exact) mass is 110 g/mol. The Bertz CT molecular complexity index is 149. The number of carbonyl (C=O) groups is 1. The standard InChI is InChI=1S/C5H6N2O/c8-4-7-5-1-2-6-3-5/h1,3-4H,2H2,(H,7,8). The third-order valence-electron chi connectivity index (χ3n) is 0.873. The van der Waals surface area contributed by atoms with Crippen molar-refractivity contribution in [3.63, 3.8) is 0 Å². The quantitative estimate of drug-likeness (QED) is 0.487. The van der Waals surface area contributed by atoms with Gasteiger partial charge < -0.3 is 5.32 Å². The van der Waals surface area contributed by atoms with Gasteiger partial charge in [-0.3, -0.25) is 9.79 Å². The van der Waals surface area contributed by atoms with Crippen LogP contribution in [0.1, 0.15) is 0 Å². The summed E-state index contributed by atoms with van der Waals surface area (Å²) in [5, 5.41) is 2.48. The molecule has 0 radical (unpaired) electrons. The van der Waals surface area contributed by atoms with Crippen molar-refractivity contribution < 1.29 is 4.79 Å². The van der Waals surface area contributed by atoms with Crippen LogP contribution in [-0.2, 0) is 4.79 Å². The first kappa shape index (κ1) is 5.03. The summed E-state index contributed by atoms with van der Waals surface area (Å²) < 4.78 is 0. The zero-order valence-corrected chi connectivity index (χ0v) is 4.29. The molecule has 0 fully saturated rings. The molecule has 1 N–H and O–H groups in total. The highest BCUT2D eigenvalue weighted by Crippen LogP contribution is 1.90. The number of hydrogen-bond donors (Lipinski definition) is 1. The van der Waals surface area contributed by atoms with E-state index in [1.54, 1.807) is 6.21 Å². The van der Waals surface area contributed by atoms with Crippen LogP contribution in [0.5, 0.6) is 0 Å². The highest BCUT2D eigenvalue weighted by Gasteiger charge is 1.92. The first-order valence-electron chi connectivity index (χ1n) is 2.33. The van der Waals surface area contributed by atoms with Crippen LogP contribution in [0.3, 0.4) is 0 Å². The smallest absolute Gasteiger partial charge is 0.211 e. The second kappa shape index (κ2) is 2.26. The van der Waals surface area contributed by atoms with Crippen molar-refractivity contribution in [3.05, 3.63) is 11.8 Å². The van der Waals surface area contributed by atoms with Crippen molar-refractivity contribution in [2.75, 3.05) is 6.54 Å². The van der Waals surface area contributed by atoms with E-state index < -0.39 is 0 Å². The molecular formula is C5H6N2O. The molecule has 1 aliphatic rings. The Morgan fingerprint density at radius 3 is 3.25 bits per heavy atom. The Balaban J connectivity index is 2.45. The molecule has 42 valence electrons. The van der Waals surface area contributed by atoms with E-state index in [1.807, 2.05) is 6.08 Å². The van der Waals surface area contributed by atoms with Crippen LogP contribution in [0.25, 0.3) is 0 Å². The van der Waals surface area contributed by atoms with E-state index in [-0.39, 0.29) is 0 Å². The lowest BCUT2D eigenvalue weighted by atomic mass is 10.5. The van der Waals surface area contributed by atoms with E-state index >= 15 is 0 Å². The summed E-state index contributed by atoms with van der Waals surface area (Å²) in [6.45, 7) is 0.691. The Hall–Kier alpha value is -1.12. The lowest BCUT2D eigenvalue weighted by Gasteiger charge is -1.87. The molecule has 0 spiro atoms. The lowest BCUT2D eigenvalue weighted by molar-refractivity contribution is -0.108. The van der Waals surface area contributed by atoms with Crippen molar-refractivity contribution >= 4 is 12.6 Å². The summed E-state index contributed by atoms with van der Waals surface area (Å²) in [4.78, 5) is 13.6. The van der Waals surface area contributed by atoms with Crippen LogP contribution in [0, 0.1) is 0 Å². The number of aliphatic imine (C=N–C) groups is 1. The summed E-state index contributed by atoms with van der Waals surface area (Å²) in [7, 11) is 0. The average molecular weight is 110 g/mol. The van der Waals surface area contributed by atoms with Crippen molar-refractivity contribution in [1.82, 2.24) is 5.32 Å². The number of allylic oxidation sites excluding steroid dienone is 1. The summed E-state index contributed by atoms with van der Waals surface area (Å²) in [5.41, 5.74) is 0.792. The summed E-state index contributed by atoms with van der Waals surface area (Å²) in [5.74, 6) is 0. The van der Waals surface area contributed by atoms with Gasteiger partial charge in [-0.2, -0.15) is 0 Å². The average Bonchev–Trinajstić information content (AvgIpc) is 2.19. The lowest BCUT2D eigenvalue weighted by Crippen LogP contribution is -2.08. The molecular weight excluding hydrogens is 104 g/mol. The minimum absolute atomic E-state index is 0.642. The molecule has 8 heavy (non-hydrogen) atoms. The second-order valence-corrected chi connectivity index (χ2v) is 1.42. The molecule has 1 rings (SSSR count). The predicted molar refractivity (Wildman–Crippen MR) is 30.6 cm³/mol. The van der Waals surface area contributed by atoms with E-state index in [1.165, 1.54) is 0 Å². The number of carbonyl (C=O) groups excluding carboxylic acids is 1. The van der Waals surface area contributed by atoms with Crippen molar-refractivity contribution in [2.45, 2.75) is 0 Å². The third-order valence-corrected chi connectivity index (χ3v) is 0.873. The molecule has 0 aliphatic carbocycles. The van der Waals surface area contributed by atoms with E-state index in [4.69, 9.17) is 0 Å². The predicted octanol–water partition coefficient (Wildman–Crippen LogP) is -0.299. The molecule has 0 aromatic rings. The van der Waals surface area contributed by atoms with Gasteiger partial charge in [0.2, 0.25) is 6.41 Å². The Labute approximate surface area is 47.1 Å². The third kappa shape index (κ3) is 0.932. The number of hydrogen-bond acceptors (Lipinski definition) is 2. The maximum absolute atomic E-state index is 9.75. The van der Waals surface area contributed by atoms with Crippen LogP contribution < -0.4 is 5.32 Å². The molecule has 0 aromatic heterocycles. The zero-order valence-electron chi connectivity index (χ0n) is 4.29. The Kier molecular flexibility index (Phi) is 1.42. The van der Waals surface area contributed by atoms with Crippen LogP contribution >= 0.6 is 0 Å². The molecule has 0 unspecified atom stereocenters. The van der Waals surface area contributed by atoms with Gasteiger partial charge in [0.05, 0.1) is 12.2 Å². The molecule has 1 amide bonds. The van der Waals surface area contributed by atoms with E-state index in [2.05, 4.69) is 10.3 Å². The van der Waals surface area contributed by atoms with Crippen molar-refractivity contribution in [2.24, 2.45) is 4.99 Å². The number of nitrogens with one attached hydrogen (secondary N) is 1. The molecule has 1 heterocycles. The summed E-state index contributed by atoms with van der Waals surface area (Å²) in [6.07, 6.45) is 4.12. The maximum atomic E-state index is 9.75. The normalized spacial score (nSPS) is 15.8. The number of nitrogens with zero attached hydrogens (tertiary/aromatic N) is 1. The second-order valence-electron chi connectivity index (χ2n) is 1.42. The largest absolute Gasteiger partial charge is 0.328 e. The van der Waals surface area contributed by atoms with Crippen LogP contribution in [0.2, 0.25) is 0 Å². The molecule has 0 saturated heterocycles. The highest BCUT2D eigenvalue weighted by molar-refractivity contribution is 5.83. The first-order chi connectivity index (χ1) is 3.93. The van der Waals surface area contributed by atoms with Gasteiger partial charge in [-0.25, -0.2) is 0 Å². The number of rotatable bonds is 2. The summed E-state index contributed by atoms with van der Waals surface area (Å²) >= 11 is 0. The van der Waals surface area contributed by atoms with E-state index in [0.29, 0.717) is 13.0 Å². The van der Waals surface area contributed by atoms with Gasteiger partial charge in [-0.05, 0) is 6.08 Å². The van der Waals surface area contributed by atoms with Gasteiger partial charge in [0, 0.05) is 6.21 Å². The van der Waals surface area contributed by atoms with E-state index in [9.17, 15) is 4.79 Å². The zero-order chi connectivity index (χ0) is 5.82. The molecule has 3 heteroatoms. The van der Waals surface area contributed by atoms with Crippen LogP contribution in [0.4, 0.5) is 0 Å². The van der Waals surface area contributed by atoms with Gasteiger partial charge in [0.15, 0.2) is 0 Å². The van der Waals surface area contributed by atoms with E-state index in [0.717, 1.165) is 5.70 Å². The molecule has 0 aromatic carbocycles. The van der Waals surface area contributed by atoms with Gasteiger partial charge in [0.25, 0.3) is 0 Å². The molecule has 1 aliphatic heterocycles. The maximum Gasteiger partial charge on any atom is 0.211 e. The molecule has 0 atom stereocenters. The van der Waals surface area contributed by atoms with Crippen molar-refractivity contribution in [1.29, 1.82) is 0 Å². The minimum atomic E-state index is 0.642. The Morgan fingerprint density at radius 1 is 1.88 bits per heavy atom. The fraction of sp³-hybridized carbons (Fsp3) is 0.200. The van der Waals surface area contributed by atoms with Crippen molar-refractivity contribution in [3.8, 4) is 0 Å². The SMILES string of the molecule is O=CNC1=CCN=C1.